The number of aliphatic hydroxyl groups is 1. The maximum absolute atomic E-state index is 9.72. The summed E-state index contributed by atoms with van der Waals surface area (Å²) in [5, 5.41) is 19.1. The Morgan fingerprint density at radius 1 is 1.11 bits per heavy atom. The van der Waals surface area contributed by atoms with E-state index < -0.39 is 6.10 Å². The summed E-state index contributed by atoms with van der Waals surface area (Å²) in [6, 6.07) is 14.7. The van der Waals surface area contributed by atoms with Gasteiger partial charge < -0.3 is 14.9 Å². The third-order valence-corrected chi connectivity index (χ3v) is 2.70. The molecule has 0 aliphatic rings. The number of rotatable bonds is 4. The molecule has 0 aliphatic carbocycles. The normalized spacial score (nSPS) is 12.1. The van der Waals surface area contributed by atoms with Gasteiger partial charge in [0.2, 0.25) is 0 Å². The molecule has 0 spiro atoms. The number of hydrogen-bond donors (Lipinski definition) is 2. The third kappa shape index (κ3) is 3.02. The van der Waals surface area contributed by atoms with E-state index in [0.717, 1.165) is 5.56 Å². The smallest absolute Gasteiger partial charge is 0.125 e. The molecule has 3 nitrogen and oxygen atoms in total. The molecular formula is C15H16O3. The fourth-order valence-corrected chi connectivity index (χ4v) is 1.71. The van der Waals surface area contributed by atoms with Crippen molar-refractivity contribution in [1.29, 1.82) is 0 Å². The third-order valence-electron chi connectivity index (χ3n) is 2.70. The van der Waals surface area contributed by atoms with Crippen LogP contribution in [0.25, 0.3) is 0 Å². The Kier molecular flexibility index (Phi) is 3.85. The second-order valence-corrected chi connectivity index (χ2v) is 4.17. The van der Waals surface area contributed by atoms with E-state index in [1.165, 1.54) is 6.07 Å². The molecule has 2 aromatic rings. The maximum atomic E-state index is 9.72. The van der Waals surface area contributed by atoms with E-state index in [9.17, 15) is 10.2 Å². The molecule has 2 aromatic carbocycles. The topological polar surface area (TPSA) is 49.7 Å². The summed E-state index contributed by atoms with van der Waals surface area (Å²) in [6.45, 7) is 2.06. The minimum absolute atomic E-state index is 0.0514. The van der Waals surface area contributed by atoms with Gasteiger partial charge in [-0.05, 0) is 24.6 Å². The zero-order chi connectivity index (χ0) is 13.0. The Morgan fingerprint density at radius 2 is 1.83 bits per heavy atom. The molecule has 94 valence electrons. The van der Waals surface area contributed by atoms with Crippen LogP contribution in [-0.4, -0.2) is 10.2 Å². The molecule has 0 radical (unpaired) electrons. The molecule has 0 aliphatic heterocycles. The molecule has 0 amide bonds. The van der Waals surface area contributed by atoms with E-state index >= 15 is 0 Å². The van der Waals surface area contributed by atoms with Crippen LogP contribution in [0.3, 0.4) is 0 Å². The minimum atomic E-state index is -0.687. The summed E-state index contributed by atoms with van der Waals surface area (Å²) in [6.07, 6.45) is -0.687. The van der Waals surface area contributed by atoms with Crippen LogP contribution in [0.1, 0.15) is 24.2 Å². The highest BCUT2D eigenvalue weighted by Crippen LogP contribution is 2.28. The number of aliphatic hydroxyl groups excluding tert-OH is 1. The molecule has 0 aromatic heterocycles. The molecule has 0 saturated carbocycles. The summed E-state index contributed by atoms with van der Waals surface area (Å²) in [7, 11) is 0. The van der Waals surface area contributed by atoms with Crippen molar-refractivity contribution >= 4 is 0 Å². The molecule has 0 saturated heterocycles. The molecule has 0 fully saturated rings. The van der Waals surface area contributed by atoms with E-state index in [-0.39, 0.29) is 5.75 Å². The predicted octanol–water partition coefficient (Wildman–Crippen LogP) is 3.02. The van der Waals surface area contributed by atoms with Crippen molar-refractivity contribution in [2.75, 3.05) is 0 Å². The van der Waals surface area contributed by atoms with Crippen LogP contribution in [0, 0.1) is 0 Å². The largest absolute Gasteiger partial charge is 0.507 e. The highest BCUT2D eigenvalue weighted by Gasteiger charge is 2.08. The van der Waals surface area contributed by atoms with Crippen molar-refractivity contribution in [3.63, 3.8) is 0 Å². The first-order valence-electron chi connectivity index (χ1n) is 5.84. The highest BCUT2D eigenvalue weighted by atomic mass is 16.5. The van der Waals surface area contributed by atoms with Crippen LogP contribution in [0.2, 0.25) is 0 Å². The standard InChI is InChI=1S/C15H16O3/c1-11(16)14-8-7-13(9-15(14)17)18-10-12-5-3-2-4-6-12/h2-9,11,16-17H,10H2,1H3/t11-/m1/s1. The molecule has 18 heavy (non-hydrogen) atoms. The quantitative estimate of drug-likeness (QED) is 0.869. The number of phenolic OH excluding ortho intramolecular Hbond substituents is 1. The van der Waals surface area contributed by atoms with Gasteiger partial charge in [0, 0.05) is 11.6 Å². The molecule has 0 heterocycles. The number of hydrogen-bond acceptors (Lipinski definition) is 3. The van der Waals surface area contributed by atoms with Gasteiger partial charge in [-0.3, -0.25) is 0 Å². The van der Waals surface area contributed by atoms with E-state index in [4.69, 9.17) is 4.74 Å². The lowest BCUT2D eigenvalue weighted by Gasteiger charge is -2.10. The lowest BCUT2D eigenvalue weighted by Crippen LogP contribution is -1.96. The van der Waals surface area contributed by atoms with Gasteiger partial charge in [-0.15, -0.1) is 0 Å². The van der Waals surface area contributed by atoms with E-state index in [0.29, 0.717) is 17.9 Å². The van der Waals surface area contributed by atoms with Gasteiger partial charge in [-0.2, -0.15) is 0 Å². The second-order valence-electron chi connectivity index (χ2n) is 4.17. The van der Waals surface area contributed by atoms with Crippen molar-refractivity contribution in [2.24, 2.45) is 0 Å². The first-order valence-corrected chi connectivity index (χ1v) is 5.84. The minimum Gasteiger partial charge on any atom is -0.507 e. The van der Waals surface area contributed by atoms with Gasteiger partial charge in [0.15, 0.2) is 0 Å². The van der Waals surface area contributed by atoms with Crippen molar-refractivity contribution in [3.8, 4) is 11.5 Å². The molecule has 0 bridgehead atoms. The SMILES string of the molecule is C[C@@H](O)c1ccc(OCc2ccccc2)cc1O. The fraction of sp³-hybridized carbons (Fsp3) is 0.200. The van der Waals surface area contributed by atoms with Crippen molar-refractivity contribution in [2.45, 2.75) is 19.6 Å². The molecule has 3 heteroatoms. The van der Waals surface area contributed by atoms with Gasteiger partial charge in [0.25, 0.3) is 0 Å². The highest BCUT2D eigenvalue weighted by molar-refractivity contribution is 5.40. The Morgan fingerprint density at radius 3 is 2.44 bits per heavy atom. The number of phenols is 1. The Labute approximate surface area is 106 Å². The molecule has 1 atom stereocenters. The Balaban J connectivity index is 2.05. The summed E-state index contributed by atoms with van der Waals surface area (Å²) in [5.74, 6) is 0.635. The van der Waals surface area contributed by atoms with E-state index in [1.807, 2.05) is 30.3 Å². The van der Waals surface area contributed by atoms with Crippen LogP contribution >= 0.6 is 0 Å². The predicted molar refractivity (Wildman–Crippen MR) is 69.5 cm³/mol. The van der Waals surface area contributed by atoms with Gasteiger partial charge in [0.05, 0.1) is 6.10 Å². The number of aromatic hydroxyl groups is 1. The van der Waals surface area contributed by atoms with Gasteiger partial charge in [0.1, 0.15) is 18.1 Å². The first kappa shape index (κ1) is 12.5. The zero-order valence-corrected chi connectivity index (χ0v) is 10.2. The van der Waals surface area contributed by atoms with Crippen LogP contribution in [-0.2, 0) is 6.61 Å². The summed E-state index contributed by atoms with van der Waals surface area (Å²) in [5.41, 5.74) is 1.57. The fourth-order valence-electron chi connectivity index (χ4n) is 1.71. The van der Waals surface area contributed by atoms with Gasteiger partial charge >= 0.3 is 0 Å². The zero-order valence-electron chi connectivity index (χ0n) is 10.2. The number of ether oxygens (including phenoxy) is 1. The number of benzene rings is 2. The molecule has 2 N–H and O–H groups in total. The van der Waals surface area contributed by atoms with Gasteiger partial charge in [-0.1, -0.05) is 30.3 Å². The average molecular weight is 244 g/mol. The monoisotopic (exact) mass is 244 g/mol. The van der Waals surface area contributed by atoms with E-state index in [1.54, 1.807) is 19.1 Å². The Hall–Kier alpha value is -2.00. The summed E-state index contributed by atoms with van der Waals surface area (Å²) >= 11 is 0. The average Bonchev–Trinajstić information content (AvgIpc) is 2.37. The van der Waals surface area contributed by atoms with Crippen LogP contribution < -0.4 is 4.74 Å². The van der Waals surface area contributed by atoms with Gasteiger partial charge in [-0.25, -0.2) is 0 Å². The van der Waals surface area contributed by atoms with Crippen molar-refractivity contribution < 1.29 is 14.9 Å². The van der Waals surface area contributed by atoms with E-state index in [2.05, 4.69) is 0 Å². The van der Waals surface area contributed by atoms with Crippen LogP contribution in [0.5, 0.6) is 11.5 Å². The lowest BCUT2D eigenvalue weighted by molar-refractivity contribution is 0.194. The molecule has 2 rings (SSSR count). The molecule has 0 unspecified atom stereocenters. The first-order chi connectivity index (χ1) is 8.66. The molecular weight excluding hydrogens is 228 g/mol. The van der Waals surface area contributed by atoms with Crippen molar-refractivity contribution in [3.05, 3.63) is 59.7 Å². The van der Waals surface area contributed by atoms with Crippen LogP contribution in [0.4, 0.5) is 0 Å². The van der Waals surface area contributed by atoms with Crippen LogP contribution in [0.15, 0.2) is 48.5 Å². The lowest BCUT2D eigenvalue weighted by atomic mass is 10.1. The Bertz CT molecular complexity index is 506. The summed E-state index contributed by atoms with van der Waals surface area (Å²) < 4.78 is 5.57. The maximum Gasteiger partial charge on any atom is 0.125 e. The second kappa shape index (κ2) is 5.56. The summed E-state index contributed by atoms with van der Waals surface area (Å²) in [4.78, 5) is 0. The van der Waals surface area contributed by atoms with Crippen molar-refractivity contribution in [1.82, 2.24) is 0 Å².